The van der Waals surface area contributed by atoms with Crippen molar-refractivity contribution in [1.82, 2.24) is 4.90 Å². The van der Waals surface area contributed by atoms with Crippen LogP contribution in [0.2, 0.25) is 0 Å². The molecule has 3 aromatic carbocycles. The highest BCUT2D eigenvalue weighted by atomic mass is 19.1. The predicted octanol–water partition coefficient (Wildman–Crippen LogP) is 8.12. The molecule has 0 bridgehead atoms. The van der Waals surface area contributed by atoms with Gasteiger partial charge in [0.15, 0.2) is 17.7 Å². The summed E-state index contributed by atoms with van der Waals surface area (Å²) in [7, 11) is 0. The Balaban J connectivity index is 1.52. The number of amides is 1. The number of ether oxygens (including phenoxy) is 2. The normalized spacial score (nSPS) is 18.3. The highest BCUT2D eigenvalue weighted by molar-refractivity contribution is 5.95. The summed E-state index contributed by atoms with van der Waals surface area (Å²) in [6.45, 7) is 8.60. The van der Waals surface area contributed by atoms with Gasteiger partial charge in [-0.3, -0.25) is 4.79 Å². The van der Waals surface area contributed by atoms with Gasteiger partial charge in [-0.2, -0.15) is 0 Å². The van der Waals surface area contributed by atoms with Crippen molar-refractivity contribution in [3.8, 4) is 16.9 Å². The van der Waals surface area contributed by atoms with Crippen molar-refractivity contribution in [3.63, 3.8) is 0 Å². The smallest absolute Gasteiger partial charge is 0.337 e. The molecule has 2 aliphatic heterocycles. The van der Waals surface area contributed by atoms with Gasteiger partial charge in [0.25, 0.3) is 5.91 Å². The molecule has 3 aromatic rings. The molecule has 0 radical (unpaired) electrons. The molecule has 0 saturated heterocycles. The molecule has 0 spiro atoms. The third-order valence-electron chi connectivity index (χ3n) is 9.53. The second-order valence-corrected chi connectivity index (χ2v) is 14.0. The first-order valence-electron chi connectivity index (χ1n) is 16.0. The second-order valence-electron chi connectivity index (χ2n) is 14.0. The van der Waals surface area contributed by atoms with Gasteiger partial charge in [0.2, 0.25) is 0 Å². The van der Waals surface area contributed by atoms with Crippen molar-refractivity contribution in [3.05, 3.63) is 86.5 Å². The molecule has 6 nitrogen and oxygen atoms in total. The van der Waals surface area contributed by atoms with E-state index in [1.54, 1.807) is 11.0 Å². The van der Waals surface area contributed by atoms with Crippen LogP contribution in [-0.2, 0) is 29.0 Å². The summed E-state index contributed by atoms with van der Waals surface area (Å²) < 4.78 is 42.2. The number of hydrogen-bond donors (Lipinski definition) is 1. The number of carbonyl (C=O) groups excluding carboxylic acids is 1. The van der Waals surface area contributed by atoms with Crippen LogP contribution < -0.4 is 4.74 Å². The number of benzene rings is 3. The SMILES string of the molecule is Cc1c(-c2c(C3CC3)c3c(c(C4CC4)c2[C@H](OC(C)(C)C)C(=O)O)CN(C(=O)c2cccc(F)c2)C3)cc(F)c2c1CCCO2. The number of aliphatic carboxylic acids is 1. The fraction of sp³-hybridized carbons (Fsp3) is 0.459. The molecule has 0 aromatic heterocycles. The zero-order valence-electron chi connectivity index (χ0n) is 26.3. The summed E-state index contributed by atoms with van der Waals surface area (Å²) in [4.78, 5) is 28.7. The van der Waals surface area contributed by atoms with Gasteiger partial charge >= 0.3 is 5.97 Å². The number of carboxylic acid groups (broad SMARTS) is 1. The van der Waals surface area contributed by atoms with Gasteiger partial charge in [-0.25, -0.2) is 13.6 Å². The third-order valence-corrected chi connectivity index (χ3v) is 9.53. The monoisotopic (exact) mass is 615 g/mol. The van der Waals surface area contributed by atoms with E-state index in [9.17, 15) is 19.1 Å². The molecule has 45 heavy (non-hydrogen) atoms. The molecule has 1 amide bonds. The lowest BCUT2D eigenvalue weighted by Gasteiger charge is -2.32. The number of hydrogen-bond acceptors (Lipinski definition) is 4. The first kappa shape index (κ1) is 29.9. The molecular weight excluding hydrogens is 576 g/mol. The van der Waals surface area contributed by atoms with Crippen LogP contribution >= 0.6 is 0 Å². The van der Waals surface area contributed by atoms with Gasteiger partial charge in [-0.05, 0) is 141 Å². The van der Waals surface area contributed by atoms with Crippen LogP contribution in [0.5, 0.6) is 5.75 Å². The molecule has 0 unspecified atom stereocenters. The molecule has 2 fully saturated rings. The Kier molecular flexibility index (Phi) is 7.27. The molecule has 8 heteroatoms. The van der Waals surface area contributed by atoms with E-state index in [0.29, 0.717) is 37.2 Å². The van der Waals surface area contributed by atoms with Crippen molar-refractivity contribution >= 4 is 11.9 Å². The van der Waals surface area contributed by atoms with Crippen LogP contribution in [0, 0.1) is 18.6 Å². The highest BCUT2D eigenvalue weighted by Crippen LogP contribution is 2.58. The lowest BCUT2D eigenvalue weighted by Crippen LogP contribution is -2.29. The van der Waals surface area contributed by atoms with Gasteiger partial charge in [0.05, 0.1) is 12.2 Å². The van der Waals surface area contributed by atoms with E-state index in [1.807, 2.05) is 27.7 Å². The fourth-order valence-electron chi connectivity index (χ4n) is 7.39. The zero-order valence-corrected chi connectivity index (χ0v) is 26.3. The van der Waals surface area contributed by atoms with Gasteiger partial charge < -0.3 is 19.5 Å². The molecule has 2 heterocycles. The van der Waals surface area contributed by atoms with Crippen LogP contribution in [0.15, 0.2) is 30.3 Å². The molecule has 1 atom stereocenters. The Morgan fingerprint density at radius 1 is 1.00 bits per heavy atom. The van der Waals surface area contributed by atoms with E-state index >= 15 is 4.39 Å². The van der Waals surface area contributed by atoms with Gasteiger partial charge in [-0.15, -0.1) is 0 Å². The van der Waals surface area contributed by atoms with E-state index in [0.717, 1.165) is 71.0 Å². The number of carbonyl (C=O) groups is 2. The molecule has 4 aliphatic rings. The Bertz CT molecular complexity index is 1730. The van der Waals surface area contributed by atoms with E-state index in [-0.39, 0.29) is 29.1 Å². The van der Waals surface area contributed by atoms with E-state index in [1.165, 1.54) is 24.3 Å². The quantitative estimate of drug-likeness (QED) is 0.291. The lowest BCUT2D eigenvalue weighted by atomic mass is 9.77. The van der Waals surface area contributed by atoms with Crippen LogP contribution in [-0.4, -0.2) is 34.1 Å². The molecular formula is C37H39F2NO5. The van der Waals surface area contributed by atoms with Crippen molar-refractivity contribution in [2.24, 2.45) is 0 Å². The Morgan fingerprint density at radius 3 is 2.29 bits per heavy atom. The van der Waals surface area contributed by atoms with Gasteiger partial charge in [0.1, 0.15) is 5.82 Å². The largest absolute Gasteiger partial charge is 0.490 e. The zero-order chi connectivity index (χ0) is 31.8. The second kappa shape index (κ2) is 10.9. The number of nitrogens with zero attached hydrogens (tertiary/aromatic N) is 1. The van der Waals surface area contributed by atoms with Crippen LogP contribution in [0.4, 0.5) is 8.78 Å². The first-order valence-corrected chi connectivity index (χ1v) is 16.0. The number of fused-ring (bicyclic) bond motifs is 2. The summed E-state index contributed by atoms with van der Waals surface area (Å²) in [6, 6.07) is 7.24. The lowest BCUT2D eigenvalue weighted by molar-refractivity contribution is -0.160. The average Bonchev–Trinajstić information content (AvgIpc) is 3.93. The maximum absolute atomic E-state index is 15.9. The Morgan fingerprint density at radius 2 is 1.67 bits per heavy atom. The van der Waals surface area contributed by atoms with Gasteiger partial charge in [-0.1, -0.05) is 6.07 Å². The number of carboxylic acids is 1. The summed E-state index contributed by atoms with van der Waals surface area (Å²) >= 11 is 0. The highest BCUT2D eigenvalue weighted by Gasteiger charge is 2.45. The van der Waals surface area contributed by atoms with Crippen LogP contribution in [0.25, 0.3) is 11.1 Å². The predicted molar refractivity (Wildman–Crippen MR) is 166 cm³/mol. The van der Waals surface area contributed by atoms with Gasteiger partial charge in [0, 0.05) is 29.8 Å². The minimum atomic E-state index is -1.29. The summed E-state index contributed by atoms with van der Waals surface area (Å²) in [5.41, 5.74) is 7.16. The molecule has 2 saturated carbocycles. The maximum atomic E-state index is 15.9. The minimum Gasteiger partial charge on any atom is -0.490 e. The Hall–Kier alpha value is -3.78. The van der Waals surface area contributed by atoms with E-state index in [4.69, 9.17) is 9.47 Å². The fourth-order valence-corrected chi connectivity index (χ4v) is 7.39. The third kappa shape index (κ3) is 5.41. The van der Waals surface area contributed by atoms with E-state index < -0.39 is 29.3 Å². The van der Waals surface area contributed by atoms with E-state index in [2.05, 4.69) is 0 Å². The first-order chi connectivity index (χ1) is 21.4. The molecule has 7 rings (SSSR count). The Labute approximate surface area is 262 Å². The van der Waals surface area contributed by atoms with Crippen molar-refractivity contribution in [2.45, 2.75) is 103 Å². The number of halogens is 2. The van der Waals surface area contributed by atoms with Crippen LogP contribution in [0.1, 0.15) is 120 Å². The maximum Gasteiger partial charge on any atom is 0.337 e. The van der Waals surface area contributed by atoms with Crippen LogP contribution in [0.3, 0.4) is 0 Å². The molecule has 1 N–H and O–H groups in total. The molecule has 2 aliphatic carbocycles. The molecule has 236 valence electrons. The standard InChI is InChI=1S/C37H39F2NO5/c1-19-24-9-6-14-44-33(24)28(39)16-25(19)31-29(20-10-11-20)26-17-40(35(41)22-7-5-8-23(38)15-22)18-27(26)30(21-12-13-21)32(31)34(36(42)43)45-37(2,3)4/h5,7-8,15-16,20-21,34H,6,9-14,17-18H2,1-4H3,(H,42,43)/t34-/m0/s1. The van der Waals surface area contributed by atoms with Crippen molar-refractivity contribution in [1.29, 1.82) is 0 Å². The number of rotatable bonds is 7. The van der Waals surface area contributed by atoms with Crippen molar-refractivity contribution in [2.75, 3.05) is 6.61 Å². The summed E-state index contributed by atoms with van der Waals surface area (Å²) in [6.07, 6.45) is 3.80. The topological polar surface area (TPSA) is 76.1 Å². The summed E-state index contributed by atoms with van der Waals surface area (Å²) in [5, 5.41) is 10.8. The minimum absolute atomic E-state index is 0.113. The average molecular weight is 616 g/mol. The summed E-state index contributed by atoms with van der Waals surface area (Å²) in [5.74, 6) is -1.74. The van der Waals surface area contributed by atoms with Crippen molar-refractivity contribution < 1.29 is 33.0 Å².